The first-order valence-corrected chi connectivity index (χ1v) is 6.99. The molecule has 4 rings (SSSR count). The van der Waals surface area contributed by atoms with Crippen LogP contribution in [0.4, 0.5) is 9.52 Å². The average molecular weight is 274 g/mol. The molecule has 1 aliphatic rings. The number of benzene rings is 1. The lowest BCUT2D eigenvalue weighted by molar-refractivity contribution is 0.629. The molecule has 0 spiro atoms. The molecule has 0 atom stereocenters. The lowest BCUT2D eigenvalue weighted by atomic mass is 10.3. The van der Waals surface area contributed by atoms with E-state index in [0.29, 0.717) is 16.7 Å². The molecule has 0 saturated heterocycles. The van der Waals surface area contributed by atoms with Gasteiger partial charge in [0.1, 0.15) is 11.5 Å². The zero-order valence-electron chi connectivity index (χ0n) is 10.0. The highest BCUT2D eigenvalue weighted by Gasteiger charge is 2.29. The van der Waals surface area contributed by atoms with Gasteiger partial charge in [-0.2, -0.15) is 0 Å². The third-order valence-corrected chi connectivity index (χ3v) is 3.99. The Kier molecular flexibility index (Phi) is 2.17. The number of nitrogens with two attached hydrogens (primary N) is 1. The molecule has 2 N–H and O–H groups in total. The van der Waals surface area contributed by atoms with Gasteiger partial charge in [0.25, 0.3) is 0 Å². The van der Waals surface area contributed by atoms with Crippen LogP contribution >= 0.6 is 11.3 Å². The smallest absolute Gasteiger partial charge is 0.180 e. The SMILES string of the molecule is Nc1nc(-c2nc3cc(F)ccc3n2C2CC2)cs1. The molecular weight excluding hydrogens is 263 g/mol. The third-order valence-electron chi connectivity index (χ3n) is 3.31. The van der Waals surface area contributed by atoms with Crippen molar-refractivity contribution < 1.29 is 4.39 Å². The van der Waals surface area contributed by atoms with Gasteiger partial charge < -0.3 is 10.3 Å². The van der Waals surface area contributed by atoms with Gasteiger partial charge in [-0.1, -0.05) is 0 Å². The predicted molar refractivity (Wildman–Crippen MR) is 73.5 cm³/mol. The molecule has 2 aromatic heterocycles. The van der Waals surface area contributed by atoms with Crippen molar-refractivity contribution in [3.8, 4) is 11.5 Å². The maximum atomic E-state index is 13.3. The fourth-order valence-corrected chi connectivity index (χ4v) is 2.89. The van der Waals surface area contributed by atoms with E-state index in [1.54, 1.807) is 6.07 Å². The molecule has 19 heavy (non-hydrogen) atoms. The molecule has 1 aliphatic carbocycles. The van der Waals surface area contributed by atoms with E-state index in [1.807, 2.05) is 5.38 Å². The minimum absolute atomic E-state index is 0.266. The molecule has 4 nitrogen and oxygen atoms in total. The maximum absolute atomic E-state index is 13.3. The standard InChI is InChI=1S/C13H11FN4S/c14-7-1-4-11-9(5-7)16-12(18(11)8-2-3-8)10-6-19-13(15)17-10/h1,4-6,8H,2-3H2,(H2,15,17). The van der Waals surface area contributed by atoms with Gasteiger partial charge in [0.15, 0.2) is 11.0 Å². The number of thiazole rings is 1. The molecule has 0 amide bonds. The lowest BCUT2D eigenvalue weighted by Crippen LogP contribution is -1.97. The number of nitrogens with zero attached hydrogens (tertiary/aromatic N) is 3. The first-order chi connectivity index (χ1) is 9.22. The first kappa shape index (κ1) is 10.9. The van der Waals surface area contributed by atoms with Crippen LogP contribution in [0.5, 0.6) is 0 Å². The number of rotatable bonds is 2. The Balaban J connectivity index is 2.01. The van der Waals surface area contributed by atoms with Crippen LogP contribution in [0.2, 0.25) is 0 Å². The molecule has 1 saturated carbocycles. The van der Waals surface area contributed by atoms with Crippen LogP contribution in [0.3, 0.4) is 0 Å². The fourth-order valence-electron chi connectivity index (χ4n) is 2.35. The lowest BCUT2D eigenvalue weighted by Gasteiger charge is -2.05. The number of anilines is 1. The van der Waals surface area contributed by atoms with Crippen molar-refractivity contribution in [1.82, 2.24) is 14.5 Å². The summed E-state index contributed by atoms with van der Waals surface area (Å²) in [4.78, 5) is 8.82. The normalized spacial score (nSPS) is 15.2. The molecule has 1 aromatic carbocycles. The highest BCUT2D eigenvalue weighted by molar-refractivity contribution is 7.13. The van der Waals surface area contributed by atoms with Crippen molar-refractivity contribution in [3.63, 3.8) is 0 Å². The van der Waals surface area contributed by atoms with Crippen molar-refractivity contribution in [2.75, 3.05) is 5.73 Å². The Morgan fingerprint density at radius 2 is 2.16 bits per heavy atom. The second-order valence-corrected chi connectivity index (χ2v) is 5.63. The number of fused-ring (bicyclic) bond motifs is 1. The monoisotopic (exact) mass is 274 g/mol. The maximum Gasteiger partial charge on any atom is 0.180 e. The van der Waals surface area contributed by atoms with Crippen molar-refractivity contribution in [3.05, 3.63) is 29.4 Å². The molecule has 6 heteroatoms. The zero-order chi connectivity index (χ0) is 13.0. The Bertz CT molecular complexity index is 772. The molecule has 3 aromatic rings. The van der Waals surface area contributed by atoms with E-state index in [9.17, 15) is 4.39 Å². The van der Waals surface area contributed by atoms with Crippen molar-refractivity contribution >= 4 is 27.5 Å². The molecular formula is C13H11FN4S. The molecule has 0 bridgehead atoms. The summed E-state index contributed by atoms with van der Waals surface area (Å²) in [5, 5.41) is 2.42. The van der Waals surface area contributed by atoms with Crippen LogP contribution in [-0.2, 0) is 0 Å². The number of aromatic nitrogens is 3. The minimum atomic E-state index is -0.266. The van der Waals surface area contributed by atoms with Gasteiger partial charge in [-0.15, -0.1) is 11.3 Å². The summed E-state index contributed by atoms with van der Waals surface area (Å²) < 4.78 is 15.5. The number of halogens is 1. The largest absolute Gasteiger partial charge is 0.375 e. The molecule has 0 aliphatic heterocycles. The summed E-state index contributed by atoms with van der Waals surface area (Å²) in [6.07, 6.45) is 2.27. The van der Waals surface area contributed by atoms with E-state index in [-0.39, 0.29) is 5.82 Å². The molecule has 96 valence electrons. The Labute approximate surface area is 112 Å². The number of nitrogen functional groups attached to an aromatic ring is 1. The van der Waals surface area contributed by atoms with Crippen molar-refractivity contribution in [2.45, 2.75) is 18.9 Å². The van der Waals surface area contributed by atoms with Gasteiger partial charge in [0.05, 0.1) is 11.0 Å². The van der Waals surface area contributed by atoms with E-state index in [1.165, 1.54) is 23.5 Å². The van der Waals surface area contributed by atoms with E-state index < -0.39 is 0 Å². The molecule has 2 heterocycles. The fraction of sp³-hybridized carbons (Fsp3) is 0.231. The highest BCUT2D eigenvalue weighted by atomic mass is 32.1. The van der Waals surface area contributed by atoms with Gasteiger partial charge in [0, 0.05) is 17.5 Å². The van der Waals surface area contributed by atoms with Crippen LogP contribution in [0.15, 0.2) is 23.6 Å². The average Bonchev–Trinajstić information content (AvgIpc) is 3.02. The van der Waals surface area contributed by atoms with Crippen LogP contribution < -0.4 is 5.73 Å². The highest BCUT2D eigenvalue weighted by Crippen LogP contribution is 2.41. The molecule has 0 radical (unpaired) electrons. The summed E-state index contributed by atoms with van der Waals surface area (Å²) in [7, 11) is 0. The van der Waals surface area contributed by atoms with Crippen LogP contribution in [-0.4, -0.2) is 14.5 Å². The first-order valence-electron chi connectivity index (χ1n) is 6.11. The predicted octanol–water partition coefficient (Wildman–Crippen LogP) is 3.22. The van der Waals surface area contributed by atoms with Crippen molar-refractivity contribution in [1.29, 1.82) is 0 Å². The van der Waals surface area contributed by atoms with Gasteiger partial charge in [0.2, 0.25) is 0 Å². The Hall–Kier alpha value is -1.95. The minimum Gasteiger partial charge on any atom is -0.375 e. The second-order valence-electron chi connectivity index (χ2n) is 4.74. The summed E-state index contributed by atoms with van der Waals surface area (Å²) in [6, 6.07) is 5.18. The summed E-state index contributed by atoms with van der Waals surface area (Å²) >= 11 is 1.39. The quantitative estimate of drug-likeness (QED) is 0.780. The zero-order valence-corrected chi connectivity index (χ0v) is 10.8. The van der Waals surface area contributed by atoms with E-state index in [0.717, 1.165) is 29.9 Å². The second kappa shape index (κ2) is 3.77. The van der Waals surface area contributed by atoms with Gasteiger partial charge in [-0.25, -0.2) is 14.4 Å². The third kappa shape index (κ3) is 1.71. The number of hydrogen-bond donors (Lipinski definition) is 1. The number of imidazole rings is 1. The topological polar surface area (TPSA) is 56.7 Å². The number of hydrogen-bond acceptors (Lipinski definition) is 4. The van der Waals surface area contributed by atoms with Crippen LogP contribution in [0, 0.1) is 5.82 Å². The Morgan fingerprint density at radius 3 is 2.84 bits per heavy atom. The van der Waals surface area contributed by atoms with Gasteiger partial charge in [-0.3, -0.25) is 0 Å². The summed E-state index contributed by atoms with van der Waals surface area (Å²) in [6.45, 7) is 0. The Morgan fingerprint density at radius 1 is 1.32 bits per heavy atom. The molecule has 0 unspecified atom stereocenters. The summed E-state index contributed by atoms with van der Waals surface area (Å²) in [5.74, 6) is 0.522. The van der Waals surface area contributed by atoms with Gasteiger partial charge >= 0.3 is 0 Å². The van der Waals surface area contributed by atoms with Crippen LogP contribution in [0.25, 0.3) is 22.6 Å². The van der Waals surface area contributed by atoms with Gasteiger partial charge in [-0.05, 0) is 25.0 Å². The van der Waals surface area contributed by atoms with Crippen molar-refractivity contribution in [2.24, 2.45) is 0 Å². The van der Waals surface area contributed by atoms with E-state index >= 15 is 0 Å². The van der Waals surface area contributed by atoms with E-state index in [4.69, 9.17) is 5.73 Å². The van der Waals surface area contributed by atoms with E-state index in [2.05, 4.69) is 14.5 Å². The summed E-state index contributed by atoms with van der Waals surface area (Å²) in [5.41, 5.74) is 8.09. The molecule has 1 fully saturated rings. The van der Waals surface area contributed by atoms with Crippen LogP contribution in [0.1, 0.15) is 18.9 Å².